The second-order valence-corrected chi connectivity index (χ2v) is 5.82. The third-order valence-electron chi connectivity index (χ3n) is 4.61. The maximum absolute atomic E-state index is 4.61. The van der Waals surface area contributed by atoms with E-state index in [2.05, 4.69) is 51.7 Å². The van der Waals surface area contributed by atoms with Crippen LogP contribution in [0.15, 0.2) is 24.3 Å². The van der Waals surface area contributed by atoms with Gasteiger partial charge in [0.05, 0.1) is 11.2 Å². The molecule has 104 valence electrons. The van der Waals surface area contributed by atoms with Crippen LogP contribution < -0.4 is 5.32 Å². The van der Waals surface area contributed by atoms with Gasteiger partial charge in [-0.25, -0.2) is 0 Å². The van der Waals surface area contributed by atoms with E-state index in [0.717, 1.165) is 25.0 Å². The quantitative estimate of drug-likeness (QED) is 0.878. The van der Waals surface area contributed by atoms with Crippen molar-refractivity contribution in [3.8, 4) is 0 Å². The van der Waals surface area contributed by atoms with Crippen molar-refractivity contribution in [1.29, 1.82) is 0 Å². The summed E-state index contributed by atoms with van der Waals surface area (Å²) in [6.07, 6.45) is 4.66. The largest absolute Gasteiger partial charge is 0.312 e. The maximum Gasteiger partial charge on any atom is 0.0975 e. The van der Waals surface area contributed by atoms with E-state index in [4.69, 9.17) is 0 Å². The Labute approximate surface area is 118 Å². The summed E-state index contributed by atoms with van der Waals surface area (Å²) < 4.78 is 0. The van der Waals surface area contributed by atoms with Gasteiger partial charge in [0, 0.05) is 24.5 Å². The van der Waals surface area contributed by atoms with E-state index in [1.807, 2.05) is 0 Å². The van der Waals surface area contributed by atoms with Gasteiger partial charge in [-0.1, -0.05) is 24.3 Å². The molecule has 1 aromatic heterocycles. The first-order valence-electron chi connectivity index (χ1n) is 7.42. The normalized spacial score (nSPS) is 23.6. The van der Waals surface area contributed by atoms with Crippen LogP contribution in [0.1, 0.15) is 30.1 Å². The molecule has 0 bridgehead atoms. The molecular formula is C16H20N4. The van der Waals surface area contributed by atoms with Gasteiger partial charge in [-0.15, -0.1) is 0 Å². The first-order valence-corrected chi connectivity index (χ1v) is 7.42. The number of nitrogens with one attached hydrogen (secondary N) is 2. The number of para-hydroxylation sites is 1. The summed E-state index contributed by atoms with van der Waals surface area (Å²) in [7, 11) is 2.19. The molecule has 1 fully saturated rings. The minimum absolute atomic E-state index is 0.535. The molecule has 1 atom stereocenters. The fourth-order valence-electron chi connectivity index (χ4n) is 3.32. The molecular weight excluding hydrogens is 248 g/mol. The number of H-pyrrole nitrogens is 1. The fourth-order valence-corrected chi connectivity index (χ4v) is 3.32. The molecule has 2 aliphatic rings. The Morgan fingerprint density at radius 2 is 2.30 bits per heavy atom. The first-order chi connectivity index (χ1) is 9.84. The van der Waals surface area contributed by atoms with E-state index in [9.17, 15) is 0 Å². The second kappa shape index (κ2) is 4.72. The van der Waals surface area contributed by atoms with E-state index >= 15 is 0 Å². The van der Waals surface area contributed by atoms with Crippen molar-refractivity contribution in [2.75, 3.05) is 26.7 Å². The number of likely N-dealkylation sites (tertiary alicyclic amines) is 1. The molecule has 0 saturated carbocycles. The number of hydrogen-bond acceptors (Lipinski definition) is 3. The van der Waals surface area contributed by atoms with Gasteiger partial charge in [0.1, 0.15) is 0 Å². The highest BCUT2D eigenvalue weighted by Gasteiger charge is 2.28. The minimum atomic E-state index is 0.535. The van der Waals surface area contributed by atoms with Crippen LogP contribution in [0.3, 0.4) is 0 Å². The maximum atomic E-state index is 4.61. The zero-order valence-corrected chi connectivity index (χ0v) is 11.8. The van der Waals surface area contributed by atoms with Crippen LogP contribution in [0.2, 0.25) is 0 Å². The number of benzene rings is 1. The molecule has 4 heteroatoms. The van der Waals surface area contributed by atoms with Crippen LogP contribution in [0.4, 0.5) is 0 Å². The molecule has 1 saturated heterocycles. The summed E-state index contributed by atoms with van der Waals surface area (Å²) in [5.41, 5.74) is 5.04. The lowest BCUT2D eigenvalue weighted by molar-refractivity contribution is 0.129. The highest BCUT2D eigenvalue weighted by Crippen LogP contribution is 2.36. The van der Waals surface area contributed by atoms with Gasteiger partial charge in [0.25, 0.3) is 0 Å². The average molecular weight is 268 g/mol. The van der Waals surface area contributed by atoms with Gasteiger partial charge < -0.3 is 5.32 Å². The van der Waals surface area contributed by atoms with Crippen LogP contribution in [-0.4, -0.2) is 41.8 Å². The Kier molecular flexibility index (Phi) is 2.86. The molecule has 3 heterocycles. The lowest BCUT2D eigenvalue weighted by Crippen LogP contribution is -2.37. The number of nitrogens with zero attached hydrogens (tertiary/aromatic N) is 2. The third-order valence-corrected chi connectivity index (χ3v) is 4.61. The van der Waals surface area contributed by atoms with Crippen LogP contribution in [0.25, 0.3) is 16.5 Å². The summed E-state index contributed by atoms with van der Waals surface area (Å²) in [6.45, 7) is 3.20. The van der Waals surface area contributed by atoms with Crippen molar-refractivity contribution in [3.63, 3.8) is 0 Å². The predicted molar refractivity (Wildman–Crippen MR) is 81.5 cm³/mol. The van der Waals surface area contributed by atoms with E-state index in [-0.39, 0.29) is 0 Å². The Bertz CT molecular complexity index is 670. The van der Waals surface area contributed by atoms with Crippen LogP contribution in [0.5, 0.6) is 0 Å². The first kappa shape index (κ1) is 12.1. The lowest BCUT2D eigenvalue weighted by atomic mass is 9.93. The van der Waals surface area contributed by atoms with E-state index in [1.54, 1.807) is 0 Å². The van der Waals surface area contributed by atoms with Gasteiger partial charge in [0.2, 0.25) is 0 Å². The summed E-state index contributed by atoms with van der Waals surface area (Å²) in [4.78, 5) is 2.39. The summed E-state index contributed by atoms with van der Waals surface area (Å²) >= 11 is 0. The number of fused-ring (bicyclic) bond motifs is 1. The second-order valence-electron chi connectivity index (χ2n) is 5.82. The van der Waals surface area contributed by atoms with Crippen LogP contribution >= 0.6 is 0 Å². The van der Waals surface area contributed by atoms with Crippen molar-refractivity contribution in [2.45, 2.75) is 18.9 Å². The molecule has 20 heavy (non-hydrogen) atoms. The predicted octanol–water partition coefficient (Wildman–Crippen LogP) is 2.32. The Balaban J connectivity index is 1.81. The van der Waals surface area contributed by atoms with Crippen molar-refractivity contribution >= 4 is 16.5 Å². The molecule has 0 amide bonds. The molecule has 4 nitrogen and oxygen atoms in total. The average Bonchev–Trinajstić information content (AvgIpc) is 2.91. The molecule has 2 aliphatic heterocycles. The zero-order chi connectivity index (χ0) is 13.5. The van der Waals surface area contributed by atoms with E-state index in [0.29, 0.717) is 6.04 Å². The van der Waals surface area contributed by atoms with E-state index in [1.165, 1.54) is 35.2 Å². The smallest absolute Gasteiger partial charge is 0.0975 e. The molecule has 0 spiro atoms. The minimum Gasteiger partial charge on any atom is -0.312 e. The summed E-state index contributed by atoms with van der Waals surface area (Å²) in [5, 5.41) is 12.6. The lowest BCUT2D eigenvalue weighted by Gasteiger charge is -2.38. The highest BCUT2D eigenvalue weighted by atomic mass is 15.2. The monoisotopic (exact) mass is 268 g/mol. The van der Waals surface area contributed by atoms with Crippen molar-refractivity contribution in [2.24, 2.45) is 0 Å². The number of hydrogen-bond donors (Lipinski definition) is 2. The molecule has 1 aromatic carbocycles. The highest BCUT2D eigenvalue weighted by molar-refractivity contribution is 5.92. The van der Waals surface area contributed by atoms with Crippen molar-refractivity contribution in [3.05, 3.63) is 35.5 Å². The number of aromatic amines is 1. The van der Waals surface area contributed by atoms with Crippen LogP contribution in [-0.2, 0) is 0 Å². The SMILES string of the molecule is CN1CC[C@H]1c1cccc2c(C3=CCCNC3)[nH]nc12. The standard InChI is InChI=1S/C16H20N4/c1-20-9-7-14(20)12-5-2-6-13-15(18-19-16(12)13)11-4-3-8-17-10-11/h2,4-6,14,17H,3,7-10H2,1H3,(H,18,19)/t14-/m0/s1. The Morgan fingerprint density at radius 3 is 3.00 bits per heavy atom. The molecule has 0 radical (unpaired) electrons. The Hall–Kier alpha value is -1.65. The molecule has 2 aromatic rings. The number of rotatable bonds is 2. The summed E-state index contributed by atoms with van der Waals surface area (Å²) in [6, 6.07) is 7.11. The van der Waals surface area contributed by atoms with Crippen LogP contribution in [0, 0.1) is 0 Å². The Morgan fingerprint density at radius 1 is 1.35 bits per heavy atom. The fraction of sp³-hybridized carbons (Fsp3) is 0.438. The molecule has 4 rings (SSSR count). The topological polar surface area (TPSA) is 44.0 Å². The molecule has 0 unspecified atom stereocenters. The summed E-state index contributed by atoms with van der Waals surface area (Å²) in [5.74, 6) is 0. The molecule has 2 N–H and O–H groups in total. The van der Waals surface area contributed by atoms with Gasteiger partial charge in [-0.3, -0.25) is 10.00 Å². The van der Waals surface area contributed by atoms with Gasteiger partial charge >= 0.3 is 0 Å². The van der Waals surface area contributed by atoms with Crippen molar-refractivity contribution < 1.29 is 0 Å². The third kappa shape index (κ3) is 1.79. The molecule has 0 aliphatic carbocycles. The van der Waals surface area contributed by atoms with Gasteiger partial charge in [-0.05, 0) is 37.6 Å². The number of aromatic nitrogens is 2. The van der Waals surface area contributed by atoms with Crippen molar-refractivity contribution in [1.82, 2.24) is 20.4 Å². The van der Waals surface area contributed by atoms with E-state index < -0.39 is 0 Å². The van der Waals surface area contributed by atoms with Gasteiger partial charge in [-0.2, -0.15) is 5.10 Å². The zero-order valence-electron chi connectivity index (χ0n) is 11.8. The van der Waals surface area contributed by atoms with Gasteiger partial charge in [0.15, 0.2) is 0 Å².